The smallest absolute Gasteiger partial charge is 0.229 e. The van der Waals surface area contributed by atoms with E-state index in [1.165, 1.54) is 0 Å². The third kappa shape index (κ3) is 3.98. The van der Waals surface area contributed by atoms with Crippen LogP contribution in [0.15, 0.2) is 84.9 Å². The summed E-state index contributed by atoms with van der Waals surface area (Å²) in [6.07, 6.45) is 0.887. The summed E-state index contributed by atoms with van der Waals surface area (Å²) in [4.78, 5) is 21.0. The van der Waals surface area contributed by atoms with E-state index in [0.29, 0.717) is 12.2 Å². The van der Waals surface area contributed by atoms with Crippen LogP contribution >= 0.6 is 0 Å². The van der Waals surface area contributed by atoms with E-state index in [2.05, 4.69) is 22.4 Å². The first-order valence-electron chi connectivity index (χ1n) is 10.2. The third-order valence-corrected chi connectivity index (χ3v) is 5.34. The maximum atomic E-state index is 12.7. The summed E-state index contributed by atoms with van der Waals surface area (Å²) in [5.41, 5.74) is 4.53. The van der Waals surface area contributed by atoms with Crippen LogP contribution in [0.4, 0.5) is 5.82 Å². The maximum Gasteiger partial charge on any atom is 0.229 e. The highest BCUT2D eigenvalue weighted by atomic mass is 16.3. The fourth-order valence-corrected chi connectivity index (χ4v) is 3.86. The molecule has 0 unspecified atom stereocenters. The van der Waals surface area contributed by atoms with E-state index in [0.717, 1.165) is 39.0 Å². The number of fused-ring (bicyclic) bond motifs is 3. The fraction of sp³-hybridized carbons (Fsp3) is 0.0769. The molecule has 3 N–H and O–H groups in total. The number of H-pyrrole nitrogens is 1. The van der Waals surface area contributed by atoms with Crippen LogP contribution in [0.25, 0.3) is 22.2 Å². The van der Waals surface area contributed by atoms with E-state index in [4.69, 9.17) is 4.98 Å². The van der Waals surface area contributed by atoms with Gasteiger partial charge in [-0.25, -0.2) is 4.98 Å². The minimum absolute atomic E-state index is 0.116. The second-order valence-corrected chi connectivity index (χ2v) is 7.61. The molecule has 0 aromatic heterocycles. The minimum Gasteiger partial charge on any atom is -0.508 e. The van der Waals surface area contributed by atoms with Crippen LogP contribution in [-0.2, 0) is 17.6 Å². The van der Waals surface area contributed by atoms with Gasteiger partial charge in [0.25, 0.3) is 0 Å². The minimum atomic E-state index is -0.116. The molecule has 152 valence electrons. The summed E-state index contributed by atoms with van der Waals surface area (Å²) < 4.78 is 0. The largest absolute Gasteiger partial charge is 0.508 e. The number of phenols is 1. The van der Waals surface area contributed by atoms with Crippen LogP contribution in [0.2, 0.25) is 0 Å². The summed E-state index contributed by atoms with van der Waals surface area (Å²) in [6, 6.07) is 26.9. The second kappa shape index (κ2) is 7.95. The number of carbonyl (C=O) groups is 1. The SMILES string of the molecule is O=C(Cc1ccccc1)Nc1nc2cc3cc(O)ccc3c-2[nH]c1Cc1ccccc1. The molecule has 0 bridgehead atoms. The summed E-state index contributed by atoms with van der Waals surface area (Å²) in [5, 5.41) is 14.7. The number of amides is 1. The van der Waals surface area contributed by atoms with Crippen molar-refractivity contribution in [1.29, 1.82) is 0 Å². The van der Waals surface area contributed by atoms with Crippen molar-refractivity contribution in [3.05, 3.63) is 102 Å². The van der Waals surface area contributed by atoms with Gasteiger partial charge in [-0.05, 0) is 40.8 Å². The monoisotopic (exact) mass is 407 g/mol. The number of nitrogens with one attached hydrogen (secondary N) is 2. The average molecular weight is 407 g/mol. The van der Waals surface area contributed by atoms with Gasteiger partial charge in [0.1, 0.15) is 5.75 Å². The Balaban J connectivity index is 1.55. The Morgan fingerprint density at radius 2 is 1.61 bits per heavy atom. The molecule has 0 atom stereocenters. The molecule has 0 fully saturated rings. The predicted octanol–water partition coefficient (Wildman–Crippen LogP) is 5.15. The van der Waals surface area contributed by atoms with Crippen molar-refractivity contribution in [3.8, 4) is 17.1 Å². The Kier molecular flexibility index (Phi) is 4.84. The Morgan fingerprint density at radius 1 is 0.903 bits per heavy atom. The number of hydrogen-bond donors (Lipinski definition) is 3. The van der Waals surface area contributed by atoms with Crippen molar-refractivity contribution in [2.45, 2.75) is 12.8 Å². The standard InChI is InChI=1S/C26H21N3O2/c30-20-11-12-21-19(15-20)16-22-25(21)27-23(13-17-7-3-1-4-8-17)26(28-22)29-24(31)14-18-9-5-2-6-10-18/h1-12,15-16,27,30H,13-14H2,(H,29,31). The molecule has 1 aliphatic heterocycles. The third-order valence-electron chi connectivity index (χ3n) is 5.34. The number of rotatable bonds is 5. The lowest BCUT2D eigenvalue weighted by molar-refractivity contribution is -0.115. The van der Waals surface area contributed by atoms with Crippen molar-refractivity contribution in [2.24, 2.45) is 0 Å². The topological polar surface area (TPSA) is 78.0 Å². The van der Waals surface area contributed by atoms with Gasteiger partial charge in [0.2, 0.25) is 5.91 Å². The Morgan fingerprint density at radius 3 is 2.35 bits per heavy atom. The predicted molar refractivity (Wildman–Crippen MR) is 122 cm³/mol. The van der Waals surface area contributed by atoms with Crippen LogP contribution < -0.4 is 5.32 Å². The lowest BCUT2D eigenvalue weighted by Crippen LogP contribution is -2.18. The second-order valence-electron chi connectivity index (χ2n) is 7.61. The summed E-state index contributed by atoms with van der Waals surface area (Å²) in [5.74, 6) is 0.620. The molecule has 31 heavy (non-hydrogen) atoms. The fourth-order valence-electron chi connectivity index (χ4n) is 3.86. The van der Waals surface area contributed by atoms with Crippen LogP contribution in [-0.4, -0.2) is 21.0 Å². The molecule has 0 spiro atoms. The number of aromatic amines is 1. The molecule has 5 heteroatoms. The lowest BCUT2D eigenvalue weighted by Gasteiger charge is -2.14. The number of aromatic nitrogens is 2. The van der Waals surface area contributed by atoms with Gasteiger partial charge >= 0.3 is 0 Å². The average Bonchev–Trinajstić information content (AvgIpc) is 3.11. The highest BCUT2D eigenvalue weighted by molar-refractivity contribution is 6.01. The number of phenolic OH excluding ortho intramolecular Hbond substituents is 1. The van der Waals surface area contributed by atoms with Gasteiger partial charge in [0.15, 0.2) is 5.82 Å². The van der Waals surface area contributed by atoms with Gasteiger partial charge in [0, 0.05) is 11.8 Å². The highest BCUT2D eigenvalue weighted by Gasteiger charge is 2.18. The molecule has 0 radical (unpaired) electrons. The quantitative estimate of drug-likeness (QED) is 0.377. The molecule has 5 rings (SSSR count). The van der Waals surface area contributed by atoms with Crippen molar-refractivity contribution >= 4 is 22.5 Å². The van der Waals surface area contributed by atoms with Crippen molar-refractivity contribution in [2.75, 3.05) is 5.32 Å². The number of aromatic hydroxyl groups is 1. The molecular weight excluding hydrogens is 386 g/mol. The first kappa shape index (κ1) is 18.9. The van der Waals surface area contributed by atoms with Gasteiger partial charge in [-0.15, -0.1) is 0 Å². The number of carbonyl (C=O) groups excluding carboxylic acids is 1. The molecule has 0 saturated carbocycles. The Labute approximate surface area is 179 Å². The zero-order chi connectivity index (χ0) is 21.2. The lowest BCUT2D eigenvalue weighted by atomic mass is 10.1. The van der Waals surface area contributed by atoms with Crippen LogP contribution in [0.5, 0.6) is 5.75 Å². The molecule has 5 nitrogen and oxygen atoms in total. The molecule has 3 aromatic carbocycles. The van der Waals surface area contributed by atoms with Crippen LogP contribution in [0, 0.1) is 0 Å². The van der Waals surface area contributed by atoms with E-state index in [-0.39, 0.29) is 18.1 Å². The molecule has 1 aliphatic carbocycles. The van der Waals surface area contributed by atoms with Gasteiger partial charge in [-0.1, -0.05) is 60.7 Å². The van der Waals surface area contributed by atoms with Gasteiger partial charge < -0.3 is 15.4 Å². The Bertz CT molecular complexity index is 1330. The zero-order valence-corrected chi connectivity index (χ0v) is 16.8. The van der Waals surface area contributed by atoms with Crippen molar-refractivity contribution in [1.82, 2.24) is 9.97 Å². The molecular formula is C26H21N3O2. The molecule has 1 heterocycles. The molecule has 2 aliphatic rings. The first-order chi connectivity index (χ1) is 15.2. The van der Waals surface area contributed by atoms with Gasteiger partial charge in [-0.2, -0.15) is 0 Å². The number of nitrogens with zero attached hydrogens (tertiary/aromatic N) is 1. The highest BCUT2D eigenvalue weighted by Crippen LogP contribution is 2.35. The van der Waals surface area contributed by atoms with E-state index >= 15 is 0 Å². The number of benzene rings is 3. The zero-order valence-electron chi connectivity index (χ0n) is 16.8. The summed E-state index contributed by atoms with van der Waals surface area (Å²) in [6.45, 7) is 0. The van der Waals surface area contributed by atoms with E-state index in [1.807, 2.05) is 60.7 Å². The molecule has 1 amide bonds. The molecule has 0 saturated heterocycles. The Hall–Kier alpha value is -4.12. The molecule has 3 aromatic rings. The van der Waals surface area contributed by atoms with Crippen LogP contribution in [0.3, 0.4) is 0 Å². The van der Waals surface area contributed by atoms with Gasteiger partial charge in [-0.3, -0.25) is 4.79 Å². The first-order valence-corrected chi connectivity index (χ1v) is 10.2. The number of anilines is 1. The van der Waals surface area contributed by atoms with Crippen molar-refractivity contribution < 1.29 is 9.90 Å². The van der Waals surface area contributed by atoms with E-state index in [1.54, 1.807) is 12.1 Å². The maximum absolute atomic E-state index is 12.7. The normalized spacial score (nSPS) is 11.1. The van der Waals surface area contributed by atoms with E-state index in [9.17, 15) is 9.90 Å². The summed E-state index contributed by atoms with van der Waals surface area (Å²) >= 11 is 0. The van der Waals surface area contributed by atoms with Crippen LogP contribution in [0.1, 0.15) is 16.8 Å². The number of hydrogen-bond acceptors (Lipinski definition) is 3. The summed E-state index contributed by atoms with van der Waals surface area (Å²) in [7, 11) is 0. The van der Waals surface area contributed by atoms with E-state index < -0.39 is 0 Å². The van der Waals surface area contributed by atoms with Gasteiger partial charge in [0.05, 0.1) is 23.5 Å². The van der Waals surface area contributed by atoms with Crippen molar-refractivity contribution in [3.63, 3.8) is 0 Å².